The Kier molecular flexibility index (Phi) is 2.69. The zero-order valence-corrected chi connectivity index (χ0v) is 8.18. The van der Waals surface area contributed by atoms with Crippen molar-refractivity contribution in [1.29, 1.82) is 0 Å². The normalized spacial score (nSPS) is 16.4. The van der Waals surface area contributed by atoms with Gasteiger partial charge < -0.3 is 9.73 Å². The number of rotatable bonds is 5. The van der Waals surface area contributed by atoms with Gasteiger partial charge in [-0.2, -0.15) is 0 Å². The molecule has 0 saturated heterocycles. The highest BCUT2D eigenvalue weighted by Crippen LogP contribution is 2.40. The Morgan fingerprint density at radius 3 is 3.00 bits per heavy atom. The van der Waals surface area contributed by atoms with Crippen LogP contribution in [-0.2, 0) is 6.54 Å². The third kappa shape index (κ3) is 2.34. The van der Waals surface area contributed by atoms with E-state index in [0.717, 1.165) is 24.8 Å². The molecule has 1 aromatic rings. The summed E-state index contributed by atoms with van der Waals surface area (Å²) >= 11 is 0. The summed E-state index contributed by atoms with van der Waals surface area (Å²) in [4.78, 5) is 0. The average Bonchev–Trinajstić information content (AvgIpc) is 2.88. The summed E-state index contributed by atoms with van der Waals surface area (Å²) in [5.41, 5.74) is 0. The molecule has 72 valence electrons. The number of furan rings is 1. The Balaban J connectivity index is 1.82. The Morgan fingerprint density at radius 2 is 2.31 bits per heavy atom. The lowest BCUT2D eigenvalue weighted by Gasteiger charge is -1.98. The van der Waals surface area contributed by atoms with Crippen molar-refractivity contribution < 1.29 is 4.42 Å². The zero-order valence-electron chi connectivity index (χ0n) is 8.18. The van der Waals surface area contributed by atoms with Gasteiger partial charge in [0.2, 0.25) is 0 Å². The van der Waals surface area contributed by atoms with Crippen LogP contribution in [0.3, 0.4) is 0 Å². The molecule has 2 nitrogen and oxygen atoms in total. The molecule has 0 atom stereocenters. The summed E-state index contributed by atoms with van der Waals surface area (Å²) < 4.78 is 5.69. The lowest BCUT2D eigenvalue weighted by Crippen LogP contribution is -2.12. The maximum absolute atomic E-state index is 5.69. The highest BCUT2D eigenvalue weighted by Gasteiger charge is 2.26. The van der Waals surface area contributed by atoms with Crippen LogP contribution in [0, 0.1) is 0 Å². The van der Waals surface area contributed by atoms with Crippen LogP contribution in [0.4, 0.5) is 0 Å². The molecular weight excluding hydrogens is 162 g/mol. The lowest BCUT2D eigenvalue weighted by molar-refractivity contribution is 0.448. The van der Waals surface area contributed by atoms with E-state index in [1.165, 1.54) is 25.0 Å². The molecule has 0 radical (unpaired) electrons. The topological polar surface area (TPSA) is 25.2 Å². The highest BCUT2D eigenvalue weighted by molar-refractivity contribution is 5.15. The van der Waals surface area contributed by atoms with E-state index < -0.39 is 0 Å². The smallest absolute Gasteiger partial charge is 0.117 e. The van der Waals surface area contributed by atoms with Gasteiger partial charge in [0.25, 0.3) is 0 Å². The third-order valence-electron chi connectivity index (χ3n) is 2.39. The van der Waals surface area contributed by atoms with E-state index in [9.17, 15) is 0 Å². The van der Waals surface area contributed by atoms with Crippen molar-refractivity contribution in [3.63, 3.8) is 0 Å². The minimum absolute atomic E-state index is 0.736. The van der Waals surface area contributed by atoms with Crippen LogP contribution >= 0.6 is 0 Å². The van der Waals surface area contributed by atoms with E-state index in [1.54, 1.807) is 0 Å². The van der Waals surface area contributed by atoms with Crippen molar-refractivity contribution in [2.24, 2.45) is 0 Å². The monoisotopic (exact) mass is 179 g/mol. The van der Waals surface area contributed by atoms with Gasteiger partial charge in [-0.15, -0.1) is 0 Å². The summed E-state index contributed by atoms with van der Waals surface area (Å²) in [5, 5.41) is 3.33. The maximum atomic E-state index is 5.69. The fourth-order valence-electron chi connectivity index (χ4n) is 1.47. The molecule has 1 fully saturated rings. The van der Waals surface area contributed by atoms with Gasteiger partial charge in [0.05, 0.1) is 6.54 Å². The standard InChI is InChI=1S/C11H17NO/c1-2-7-12-8-10-5-6-11(13-10)9-3-4-9/h5-6,9,12H,2-4,7-8H2,1H3. The predicted molar refractivity (Wildman–Crippen MR) is 52.7 cm³/mol. The SMILES string of the molecule is CCCNCc1ccc(C2CC2)o1. The second-order valence-electron chi connectivity index (χ2n) is 3.76. The molecule has 1 N–H and O–H groups in total. The molecule has 2 heteroatoms. The Hall–Kier alpha value is -0.760. The molecular formula is C11H17NO. The Morgan fingerprint density at radius 1 is 1.46 bits per heavy atom. The molecule has 1 aromatic heterocycles. The Labute approximate surface area is 79.3 Å². The fourth-order valence-corrected chi connectivity index (χ4v) is 1.47. The van der Waals surface area contributed by atoms with Crippen LogP contribution in [0.1, 0.15) is 43.6 Å². The van der Waals surface area contributed by atoms with E-state index in [0.29, 0.717) is 0 Å². The summed E-state index contributed by atoms with van der Waals surface area (Å²) in [6.45, 7) is 4.12. The summed E-state index contributed by atoms with van der Waals surface area (Å²) in [6.07, 6.45) is 3.81. The zero-order chi connectivity index (χ0) is 9.10. The first-order valence-corrected chi connectivity index (χ1v) is 5.19. The summed E-state index contributed by atoms with van der Waals surface area (Å²) in [5.74, 6) is 3.00. The van der Waals surface area contributed by atoms with E-state index >= 15 is 0 Å². The lowest BCUT2D eigenvalue weighted by atomic mass is 10.3. The highest BCUT2D eigenvalue weighted by atomic mass is 16.3. The molecule has 0 unspecified atom stereocenters. The molecule has 1 aliphatic rings. The second-order valence-corrected chi connectivity index (χ2v) is 3.76. The van der Waals surface area contributed by atoms with Gasteiger partial charge in [-0.3, -0.25) is 0 Å². The van der Waals surface area contributed by atoms with Gasteiger partial charge >= 0.3 is 0 Å². The van der Waals surface area contributed by atoms with Crippen LogP contribution in [0.15, 0.2) is 16.5 Å². The van der Waals surface area contributed by atoms with Crippen LogP contribution in [0.25, 0.3) is 0 Å². The van der Waals surface area contributed by atoms with Crippen LogP contribution in [0.5, 0.6) is 0 Å². The third-order valence-corrected chi connectivity index (χ3v) is 2.39. The first-order valence-electron chi connectivity index (χ1n) is 5.19. The molecule has 1 saturated carbocycles. The van der Waals surface area contributed by atoms with Crippen LogP contribution in [-0.4, -0.2) is 6.54 Å². The Bertz CT molecular complexity index is 263. The predicted octanol–water partition coefficient (Wildman–Crippen LogP) is 2.66. The molecule has 0 aliphatic heterocycles. The molecule has 1 heterocycles. The number of hydrogen-bond donors (Lipinski definition) is 1. The molecule has 0 bridgehead atoms. The van der Waals surface area contributed by atoms with Gasteiger partial charge in [-0.05, 0) is 37.9 Å². The van der Waals surface area contributed by atoms with E-state index in [1.807, 2.05) is 0 Å². The molecule has 0 aromatic carbocycles. The average molecular weight is 179 g/mol. The second kappa shape index (κ2) is 3.97. The molecule has 2 rings (SSSR count). The van der Waals surface area contributed by atoms with Crippen LogP contribution < -0.4 is 5.32 Å². The van der Waals surface area contributed by atoms with E-state index in [-0.39, 0.29) is 0 Å². The van der Waals surface area contributed by atoms with Crippen molar-refractivity contribution in [3.05, 3.63) is 23.7 Å². The largest absolute Gasteiger partial charge is 0.464 e. The minimum atomic E-state index is 0.736. The van der Waals surface area contributed by atoms with E-state index in [2.05, 4.69) is 24.4 Å². The van der Waals surface area contributed by atoms with Crippen molar-refractivity contribution in [1.82, 2.24) is 5.32 Å². The van der Waals surface area contributed by atoms with Crippen molar-refractivity contribution in [2.75, 3.05) is 6.54 Å². The maximum Gasteiger partial charge on any atom is 0.117 e. The van der Waals surface area contributed by atoms with Gasteiger partial charge in [0.1, 0.15) is 11.5 Å². The van der Waals surface area contributed by atoms with Gasteiger partial charge in [-0.25, -0.2) is 0 Å². The molecule has 13 heavy (non-hydrogen) atoms. The van der Waals surface area contributed by atoms with Gasteiger partial charge in [0.15, 0.2) is 0 Å². The summed E-state index contributed by atoms with van der Waals surface area (Å²) in [7, 11) is 0. The quantitative estimate of drug-likeness (QED) is 0.703. The molecule has 0 amide bonds. The number of hydrogen-bond acceptors (Lipinski definition) is 2. The van der Waals surface area contributed by atoms with Crippen molar-refractivity contribution >= 4 is 0 Å². The van der Waals surface area contributed by atoms with E-state index in [4.69, 9.17) is 4.42 Å². The summed E-state index contributed by atoms with van der Waals surface area (Å²) in [6, 6.07) is 4.22. The van der Waals surface area contributed by atoms with Gasteiger partial charge in [-0.1, -0.05) is 6.92 Å². The van der Waals surface area contributed by atoms with Crippen LogP contribution in [0.2, 0.25) is 0 Å². The fraction of sp³-hybridized carbons (Fsp3) is 0.636. The molecule has 1 aliphatic carbocycles. The van der Waals surface area contributed by atoms with Gasteiger partial charge in [0, 0.05) is 5.92 Å². The number of nitrogens with one attached hydrogen (secondary N) is 1. The van der Waals surface area contributed by atoms with Crippen molar-refractivity contribution in [2.45, 2.75) is 38.6 Å². The minimum Gasteiger partial charge on any atom is -0.464 e. The first-order chi connectivity index (χ1) is 6.40. The van der Waals surface area contributed by atoms with Crippen molar-refractivity contribution in [3.8, 4) is 0 Å². The molecule has 0 spiro atoms. The first kappa shape index (κ1) is 8.82.